The van der Waals surface area contributed by atoms with Crippen LogP contribution in [0, 0.1) is 20.2 Å². The summed E-state index contributed by atoms with van der Waals surface area (Å²) in [5.41, 5.74) is 1.25. The molecule has 0 saturated carbocycles. The molecule has 3 rings (SSSR count). The lowest BCUT2D eigenvalue weighted by Gasteiger charge is -2.27. The van der Waals surface area contributed by atoms with E-state index >= 15 is 0 Å². The summed E-state index contributed by atoms with van der Waals surface area (Å²) in [4.78, 5) is 38.8. The SMILES string of the molecule is CC1=C(C(=O)O[C@@H](C)CO[N+](=O)[O-])[C@H](c2cccc3nonc23)C([N+](=O)[O-])=C(C)N1. The highest BCUT2D eigenvalue weighted by atomic mass is 17.0. The molecule has 30 heavy (non-hydrogen) atoms. The van der Waals surface area contributed by atoms with Gasteiger partial charge in [0.05, 0.1) is 16.2 Å². The number of nitrogens with one attached hydrogen (secondary N) is 1. The Morgan fingerprint density at radius 2 is 2.00 bits per heavy atom. The first-order chi connectivity index (χ1) is 14.2. The van der Waals surface area contributed by atoms with Crippen molar-refractivity contribution < 1.29 is 29.0 Å². The molecule has 0 saturated heterocycles. The van der Waals surface area contributed by atoms with Crippen LogP contribution in [-0.4, -0.2) is 39.0 Å². The molecule has 13 heteroatoms. The number of benzene rings is 1. The number of dihydropyridines is 1. The normalized spacial score (nSPS) is 17.5. The number of aromatic nitrogens is 2. The summed E-state index contributed by atoms with van der Waals surface area (Å²) >= 11 is 0. The topological polar surface area (TPSA) is 173 Å². The van der Waals surface area contributed by atoms with Crippen LogP contribution in [0.3, 0.4) is 0 Å². The number of hydrogen-bond acceptors (Lipinski definition) is 11. The molecular weight excluding hydrogens is 402 g/mol. The van der Waals surface area contributed by atoms with Crippen LogP contribution in [0.2, 0.25) is 0 Å². The summed E-state index contributed by atoms with van der Waals surface area (Å²) in [6, 6.07) is 4.81. The molecule has 0 unspecified atom stereocenters. The lowest BCUT2D eigenvalue weighted by Crippen LogP contribution is -2.33. The molecule has 2 aromatic rings. The largest absolute Gasteiger partial charge is 0.457 e. The van der Waals surface area contributed by atoms with Gasteiger partial charge >= 0.3 is 5.97 Å². The zero-order valence-electron chi connectivity index (χ0n) is 16.1. The number of fused-ring (bicyclic) bond motifs is 1. The van der Waals surface area contributed by atoms with Crippen molar-refractivity contribution in [2.75, 3.05) is 6.61 Å². The minimum absolute atomic E-state index is 0.0317. The van der Waals surface area contributed by atoms with E-state index in [1.807, 2.05) is 0 Å². The summed E-state index contributed by atoms with van der Waals surface area (Å²) in [6.07, 6.45) is -0.973. The monoisotopic (exact) mass is 419 g/mol. The van der Waals surface area contributed by atoms with Crippen LogP contribution in [0.15, 0.2) is 45.5 Å². The lowest BCUT2D eigenvalue weighted by molar-refractivity contribution is -0.759. The van der Waals surface area contributed by atoms with Gasteiger partial charge in [-0.2, -0.15) is 0 Å². The Kier molecular flexibility index (Phi) is 5.62. The van der Waals surface area contributed by atoms with E-state index in [1.165, 1.54) is 13.8 Å². The molecule has 0 fully saturated rings. The minimum Gasteiger partial charge on any atom is -0.457 e. The first kappa shape index (κ1) is 20.7. The van der Waals surface area contributed by atoms with Gasteiger partial charge in [0.1, 0.15) is 29.7 Å². The molecule has 0 bridgehead atoms. The van der Waals surface area contributed by atoms with Crippen LogP contribution < -0.4 is 5.32 Å². The number of carbonyl (C=O) groups excluding carboxylic acids is 1. The van der Waals surface area contributed by atoms with Crippen molar-refractivity contribution in [3.63, 3.8) is 0 Å². The van der Waals surface area contributed by atoms with E-state index in [1.54, 1.807) is 25.1 Å². The maximum atomic E-state index is 12.9. The van der Waals surface area contributed by atoms with Crippen molar-refractivity contribution in [2.45, 2.75) is 32.8 Å². The summed E-state index contributed by atoms with van der Waals surface area (Å²) in [5.74, 6) is -2.02. The molecule has 158 valence electrons. The smallest absolute Gasteiger partial charge is 0.337 e. The number of esters is 1. The quantitative estimate of drug-likeness (QED) is 0.394. The highest BCUT2D eigenvalue weighted by molar-refractivity contribution is 5.94. The summed E-state index contributed by atoms with van der Waals surface area (Å²) in [7, 11) is 0. The van der Waals surface area contributed by atoms with Gasteiger partial charge in [-0.25, -0.2) is 9.42 Å². The Morgan fingerprint density at radius 1 is 1.27 bits per heavy atom. The second-order valence-corrected chi connectivity index (χ2v) is 6.58. The van der Waals surface area contributed by atoms with Gasteiger partial charge in [-0.15, -0.1) is 10.1 Å². The fourth-order valence-electron chi connectivity index (χ4n) is 3.30. The molecule has 13 nitrogen and oxygen atoms in total. The molecular formula is C17H17N5O8. The maximum Gasteiger partial charge on any atom is 0.337 e. The average molecular weight is 419 g/mol. The molecule has 0 radical (unpaired) electrons. The molecule has 1 aromatic carbocycles. The standard InChI is InChI=1S/C17H17N5O8/c1-8(7-28-22(26)27)29-17(23)13-9(2)18-10(3)16(21(24)25)14(13)11-5-4-6-12-15(11)20-30-19-12/h4-6,8,14,18H,7H2,1-3H3/t8-,14-/m0/s1. The van der Waals surface area contributed by atoms with Gasteiger partial charge in [-0.1, -0.05) is 12.1 Å². The molecule has 0 aliphatic carbocycles. The average Bonchev–Trinajstić information content (AvgIpc) is 3.14. The lowest BCUT2D eigenvalue weighted by atomic mass is 9.83. The van der Waals surface area contributed by atoms with Gasteiger partial charge < -0.3 is 14.9 Å². The van der Waals surface area contributed by atoms with E-state index in [4.69, 9.17) is 9.37 Å². The first-order valence-corrected chi connectivity index (χ1v) is 8.73. The molecule has 2 atom stereocenters. The van der Waals surface area contributed by atoms with E-state index in [0.29, 0.717) is 16.8 Å². The molecule has 1 aromatic heterocycles. The Morgan fingerprint density at radius 3 is 2.67 bits per heavy atom. The van der Waals surface area contributed by atoms with Crippen molar-refractivity contribution in [3.05, 3.63) is 66.7 Å². The number of allylic oxidation sites excluding steroid dienone is 3. The summed E-state index contributed by atoms with van der Waals surface area (Å²) < 4.78 is 9.99. The second kappa shape index (κ2) is 8.14. The molecule has 0 spiro atoms. The predicted molar refractivity (Wildman–Crippen MR) is 98.6 cm³/mol. The Balaban J connectivity index is 2.06. The molecule has 0 amide bonds. The van der Waals surface area contributed by atoms with Crippen LogP contribution in [0.25, 0.3) is 11.0 Å². The third kappa shape index (κ3) is 3.90. The van der Waals surface area contributed by atoms with Crippen molar-refractivity contribution in [1.82, 2.24) is 15.6 Å². The van der Waals surface area contributed by atoms with E-state index in [-0.39, 0.29) is 22.5 Å². The molecule has 2 heterocycles. The van der Waals surface area contributed by atoms with Crippen molar-refractivity contribution in [3.8, 4) is 0 Å². The van der Waals surface area contributed by atoms with Gasteiger partial charge in [0.2, 0.25) is 0 Å². The highest BCUT2D eigenvalue weighted by Gasteiger charge is 2.42. The van der Waals surface area contributed by atoms with E-state index in [9.17, 15) is 25.0 Å². The highest BCUT2D eigenvalue weighted by Crippen LogP contribution is 2.41. The fraction of sp³-hybridized carbons (Fsp3) is 0.353. The zero-order chi connectivity index (χ0) is 22.0. The van der Waals surface area contributed by atoms with Crippen LogP contribution in [0.1, 0.15) is 32.3 Å². The number of carbonyl (C=O) groups is 1. The Labute approximate surface area is 168 Å². The van der Waals surface area contributed by atoms with Gasteiger partial charge in [-0.3, -0.25) is 10.1 Å². The van der Waals surface area contributed by atoms with Crippen LogP contribution in [-0.2, 0) is 14.4 Å². The second-order valence-electron chi connectivity index (χ2n) is 6.58. The number of nitro groups is 1. The maximum absolute atomic E-state index is 12.9. The van der Waals surface area contributed by atoms with E-state index in [2.05, 4.69) is 20.5 Å². The molecule has 1 aliphatic rings. The number of hydrogen-bond donors (Lipinski definition) is 1. The number of ether oxygens (including phenoxy) is 1. The number of nitrogens with zero attached hydrogens (tertiary/aromatic N) is 4. The van der Waals surface area contributed by atoms with Crippen molar-refractivity contribution in [1.29, 1.82) is 0 Å². The Hall–Kier alpha value is -4.03. The van der Waals surface area contributed by atoms with Gasteiger partial charge in [-0.05, 0) is 37.2 Å². The molecule has 1 aliphatic heterocycles. The third-order valence-electron chi connectivity index (χ3n) is 4.49. The molecule has 1 N–H and O–H groups in total. The third-order valence-corrected chi connectivity index (χ3v) is 4.49. The predicted octanol–water partition coefficient (Wildman–Crippen LogP) is 1.83. The van der Waals surface area contributed by atoms with Crippen LogP contribution >= 0.6 is 0 Å². The zero-order valence-corrected chi connectivity index (χ0v) is 16.1. The first-order valence-electron chi connectivity index (χ1n) is 8.73. The number of rotatable bonds is 7. The fourth-order valence-corrected chi connectivity index (χ4v) is 3.30. The van der Waals surface area contributed by atoms with Crippen molar-refractivity contribution >= 4 is 17.0 Å². The van der Waals surface area contributed by atoms with Gasteiger partial charge in [0, 0.05) is 11.3 Å². The van der Waals surface area contributed by atoms with E-state index in [0.717, 1.165) is 0 Å². The van der Waals surface area contributed by atoms with Gasteiger partial charge in [0.25, 0.3) is 10.8 Å². The Bertz CT molecular complexity index is 1090. The van der Waals surface area contributed by atoms with Crippen molar-refractivity contribution in [2.24, 2.45) is 0 Å². The van der Waals surface area contributed by atoms with Crippen LogP contribution in [0.5, 0.6) is 0 Å². The van der Waals surface area contributed by atoms with Gasteiger partial charge in [0.15, 0.2) is 0 Å². The summed E-state index contributed by atoms with van der Waals surface area (Å²) in [5, 5.41) is 31.6. The minimum atomic E-state index is -1.13. The van der Waals surface area contributed by atoms with Crippen LogP contribution in [0.4, 0.5) is 0 Å². The van der Waals surface area contributed by atoms with E-state index < -0.39 is 34.6 Å². The summed E-state index contributed by atoms with van der Waals surface area (Å²) in [6.45, 7) is 4.01.